The maximum atomic E-state index is 12.8. The average molecular weight is 488 g/mol. The summed E-state index contributed by atoms with van der Waals surface area (Å²) in [6, 6.07) is 13.1. The van der Waals surface area contributed by atoms with Crippen molar-refractivity contribution < 1.29 is 23.9 Å². The molecule has 0 saturated carbocycles. The molecule has 1 N–H and O–H groups in total. The SMILES string of the molecule is Cc1cc(C(=O)O)ccc1-c1ccc(/C=C2\SC(=O)N(Cc3c(Cl)cccc3Cl)C2=O)o1. The van der Waals surface area contributed by atoms with E-state index in [-0.39, 0.29) is 17.0 Å². The molecule has 2 heterocycles. The number of hydrogen-bond acceptors (Lipinski definition) is 5. The van der Waals surface area contributed by atoms with Gasteiger partial charge < -0.3 is 9.52 Å². The Labute approximate surface area is 197 Å². The van der Waals surface area contributed by atoms with Gasteiger partial charge in [0.25, 0.3) is 11.1 Å². The number of thioether (sulfide) groups is 1. The molecule has 32 heavy (non-hydrogen) atoms. The highest BCUT2D eigenvalue weighted by atomic mass is 35.5. The predicted octanol–water partition coefficient (Wildman–Crippen LogP) is 6.50. The van der Waals surface area contributed by atoms with Gasteiger partial charge in [0.15, 0.2) is 0 Å². The fourth-order valence-electron chi connectivity index (χ4n) is 3.26. The van der Waals surface area contributed by atoms with Crippen LogP contribution in [0.5, 0.6) is 0 Å². The quantitative estimate of drug-likeness (QED) is 0.413. The number of furan rings is 1. The summed E-state index contributed by atoms with van der Waals surface area (Å²) < 4.78 is 5.83. The lowest BCUT2D eigenvalue weighted by molar-refractivity contribution is -0.123. The van der Waals surface area contributed by atoms with Crippen LogP contribution in [0.4, 0.5) is 4.79 Å². The average Bonchev–Trinajstić information content (AvgIpc) is 3.30. The number of carboxylic acids is 1. The molecule has 3 aromatic rings. The summed E-state index contributed by atoms with van der Waals surface area (Å²) in [6.45, 7) is 1.76. The normalized spacial score (nSPS) is 15.1. The number of nitrogens with zero attached hydrogens (tertiary/aromatic N) is 1. The molecule has 1 aliphatic heterocycles. The number of imide groups is 1. The summed E-state index contributed by atoms with van der Waals surface area (Å²) in [7, 11) is 0. The zero-order valence-corrected chi connectivity index (χ0v) is 18.9. The minimum atomic E-state index is -1.01. The Morgan fingerprint density at radius 2 is 1.84 bits per heavy atom. The molecule has 1 saturated heterocycles. The van der Waals surface area contributed by atoms with Gasteiger partial charge in [-0.05, 0) is 60.6 Å². The number of amides is 2. The van der Waals surface area contributed by atoms with Crippen LogP contribution in [0, 0.1) is 6.92 Å². The van der Waals surface area contributed by atoms with Gasteiger partial charge >= 0.3 is 5.97 Å². The first kappa shape index (κ1) is 22.2. The third-order valence-corrected chi connectivity index (χ3v) is 6.51. The second kappa shape index (κ2) is 8.86. The van der Waals surface area contributed by atoms with Gasteiger partial charge in [-0.3, -0.25) is 14.5 Å². The Morgan fingerprint density at radius 1 is 1.12 bits per heavy atom. The molecule has 1 aromatic heterocycles. The molecule has 0 atom stereocenters. The van der Waals surface area contributed by atoms with Crippen molar-refractivity contribution >= 4 is 58.2 Å². The molecule has 9 heteroatoms. The number of benzene rings is 2. The minimum absolute atomic E-state index is 0.0287. The zero-order valence-electron chi connectivity index (χ0n) is 16.6. The topological polar surface area (TPSA) is 87.8 Å². The van der Waals surface area contributed by atoms with E-state index in [9.17, 15) is 14.4 Å². The first-order valence-corrected chi connectivity index (χ1v) is 10.9. The van der Waals surface area contributed by atoms with Gasteiger partial charge in [0.05, 0.1) is 17.0 Å². The van der Waals surface area contributed by atoms with Crippen LogP contribution in [-0.2, 0) is 11.3 Å². The van der Waals surface area contributed by atoms with Crippen LogP contribution < -0.4 is 0 Å². The summed E-state index contributed by atoms with van der Waals surface area (Å²) in [5.41, 5.74) is 2.16. The van der Waals surface area contributed by atoms with Crippen molar-refractivity contribution in [2.45, 2.75) is 13.5 Å². The number of hydrogen-bond donors (Lipinski definition) is 1. The van der Waals surface area contributed by atoms with Crippen LogP contribution in [0.3, 0.4) is 0 Å². The van der Waals surface area contributed by atoms with E-state index in [0.717, 1.165) is 27.8 Å². The maximum absolute atomic E-state index is 12.8. The fraction of sp³-hybridized carbons (Fsp3) is 0.0870. The standard InChI is InChI=1S/C23H15Cl2NO5S/c1-12-9-13(22(28)29)5-7-15(12)19-8-6-14(31-19)10-20-21(27)26(23(30)32-20)11-16-17(24)3-2-4-18(16)25/h2-10H,11H2,1H3,(H,28,29)/b20-10-. The van der Waals surface area contributed by atoms with Crippen LogP contribution in [0.1, 0.15) is 27.2 Å². The van der Waals surface area contributed by atoms with Crippen LogP contribution >= 0.6 is 35.0 Å². The Morgan fingerprint density at radius 3 is 2.50 bits per heavy atom. The molecule has 0 spiro atoms. The van der Waals surface area contributed by atoms with Gasteiger partial charge in [0.1, 0.15) is 11.5 Å². The number of halogens is 2. The molecule has 162 valence electrons. The van der Waals surface area contributed by atoms with Crippen molar-refractivity contribution in [2.24, 2.45) is 0 Å². The second-order valence-corrected chi connectivity index (χ2v) is 8.81. The van der Waals surface area contributed by atoms with E-state index in [1.54, 1.807) is 49.4 Å². The molecule has 6 nitrogen and oxygen atoms in total. The highest BCUT2D eigenvalue weighted by molar-refractivity contribution is 8.18. The van der Waals surface area contributed by atoms with Gasteiger partial charge in [-0.15, -0.1) is 0 Å². The third-order valence-electron chi connectivity index (χ3n) is 4.89. The van der Waals surface area contributed by atoms with Crippen molar-refractivity contribution in [1.82, 2.24) is 4.90 Å². The van der Waals surface area contributed by atoms with Gasteiger partial charge in [-0.2, -0.15) is 0 Å². The van der Waals surface area contributed by atoms with Crippen molar-refractivity contribution in [3.05, 3.63) is 85.9 Å². The smallest absolute Gasteiger partial charge is 0.335 e. The molecule has 2 amide bonds. The van der Waals surface area contributed by atoms with E-state index in [1.165, 1.54) is 12.1 Å². The predicted molar refractivity (Wildman–Crippen MR) is 124 cm³/mol. The van der Waals surface area contributed by atoms with Crippen LogP contribution in [0.25, 0.3) is 17.4 Å². The summed E-state index contributed by atoms with van der Waals surface area (Å²) >= 11 is 13.1. The molecule has 4 rings (SSSR count). The van der Waals surface area contributed by atoms with Crippen LogP contribution in [-0.4, -0.2) is 27.1 Å². The summed E-state index contributed by atoms with van der Waals surface area (Å²) in [4.78, 5) is 37.7. The lowest BCUT2D eigenvalue weighted by Gasteiger charge is -2.14. The molecule has 0 unspecified atom stereocenters. The van der Waals surface area contributed by atoms with Gasteiger partial charge in [0, 0.05) is 27.2 Å². The molecule has 0 bridgehead atoms. The van der Waals surface area contributed by atoms with E-state index in [4.69, 9.17) is 32.7 Å². The first-order valence-electron chi connectivity index (χ1n) is 9.37. The van der Waals surface area contributed by atoms with E-state index < -0.39 is 17.1 Å². The molecular weight excluding hydrogens is 473 g/mol. The van der Waals surface area contributed by atoms with E-state index >= 15 is 0 Å². The van der Waals surface area contributed by atoms with Gasteiger partial charge in [-0.25, -0.2) is 4.79 Å². The number of carboxylic acid groups (broad SMARTS) is 1. The number of carbonyl (C=O) groups excluding carboxylic acids is 2. The lowest BCUT2D eigenvalue weighted by Crippen LogP contribution is -2.27. The Hall–Kier alpha value is -3.00. The zero-order chi connectivity index (χ0) is 23.0. The van der Waals surface area contributed by atoms with Crippen LogP contribution in [0.2, 0.25) is 10.0 Å². The second-order valence-electron chi connectivity index (χ2n) is 7.00. The minimum Gasteiger partial charge on any atom is -0.478 e. The number of aryl methyl sites for hydroxylation is 1. The monoisotopic (exact) mass is 487 g/mol. The summed E-state index contributed by atoms with van der Waals surface area (Å²) in [5, 5.41) is 9.44. The van der Waals surface area contributed by atoms with Gasteiger partial charge in [0.2, 0.25) is 0 Å². The largest absolute Gasteiger partial charge is 0.478 e. The number of aromatic carboxylic acids is 1. The molecule has 0 aliphatic carbocycles. The number of rotatable bonds is 5. The summed E-state index contributed by atoms with van der Waals surface area (Å²) in [5.74, 6) is -0.555. The van der Waals surface area contributed by atoms with Gasteiger partial charge in [-0.1, -0.05) is 35.3 Å². The molecule has 2 aromatic carbocycles. The number of carbonyl (C=O) groups is 3. The third kappa shape index (κ3) is 4.32. The Bertz CT molecular complexity index is 1280. The molecule has 1 fully saturated rings. The molecular formula is C23H15Cl2NO5S. The van der Waals surface area contributed by atoms with Crippen molar-refractivity contribution in [2.75, 3.05) is 0 Å². The highest BCUT2D eigenvalue weighted by Crippen LogP contribution is 2.36. The molecule has 0 radical (unpaired) electrons. The fourth-order valence-corrected chi connectivity index (χ4v) is 4.59. The highest BCUT2D eigenvalue weighted by Gasteiger charge is 2.36. The van der Waals surface area contributed by atoms with E-state index in [1.807, 2.05) is 0 Å². The van der Waals surface area contributed by atoms with Crippen molar-refractivity contribution in [3.8, 4) is 11.3 Å². The maximum Gasteiger partial charge on any atom is 0.335 e. The first-order chi connectivity index (χ1) is 15.2. The Balaban J connectivity index is 1.57. The van der Waals surface area contributed by atoms with Crippen molar-refractivity contribution in [3.63, 3.8) is 0 Å². The Kier molecular flexibility index (Phi) is 6.15. The van der Waals surface area contributed by atoms with E-state index in [2.05, 4.69) is 0 Å². The molecule has 1 aliphatic rings. The van der Waals surface area contributed by atoms with Crippen LogP contribution in [0.15, 0.2) is 57.9 Å². The van der Waals surface area contributed by atoms with Crippen molar-refractivity contribution in [1.29, 1.82) is 0 Å². The lowest BCUT2D eigenvalue weighted by atomic mass is 10.0. The van der Waals surface area contributed by atoms with E-state index in [0.29, 0.717) is 27.1 Å². The summed E-state index contributed by atoms with van der Waals surface area (Å²) in [6.07, 6.45) is 1.50.